The molecule has 3 aromatic carbocycles. The molecule has 8 nitrogen and oxygen atoms in total. The number of methoxy groups -OCH3 is 1. The summed E-state index contributed by atoms with van der Waals surface area (Å²) in [6.07, 6.45) is 0.339. The first kappa shape index (κ1) is 32.7. The minimum Gasteiger partial charge on any atom is -0.497 e. The van der Waals surface area contributed by atoms with Crippen LogP contribution in [0.25, 0.3) is 0 Å². The van der Waals surface area contributed by atoms with Crippen LogP contribution < -0.4 is 14.4 Å². The summed E-state index contributed by atoms with van der Waals surface area (Å²) in [6.45, 7) is 12.7. The van der Waals surface area contributed by atoms with Crippen LogP contribution in [0, 0.1) is 20.8 Å². The van der Waals surface area contributed by atoms with E-state index in [1.165, 1.54) is 4.90 Å². The number of sulfonamides is 1. The molecule has 0 radical (unpaired) electrons. The maximum atomic E-state index is 14.3. The van der Waals surface area contributed by atoms with Crippen LogP contribution in [0.2, 0.25) is 0 Å². The molecule has 0 aliphatic rings. The van der Waals surface area contributed by atoms with Crippen LogP contribution in [0.15, 0.2) is 71.6 Å². The van der Waals surface area contributed by atoms with Gasteiger partial charge in [-0.15, -0.1) is 0 Å². The molecule has 0 saturated heterocycles. The van der Waals surface area contributed by atoms with Gasteiger partial charge in [0.2, 0.25) is 11.8 Å². The average Bonchev–Trinajstić information content (AvgIpc) is 2.92. The van der Waals surface area contributed by atoms with Crippen molar-refractivity contribution in [1.82, 2.24) is 10.2 Å². The Morgan fingerprint density at radius 2 is 1.57 bits per heavy atom. The van der Waals surface area contributed by atoms with E-state index in [2.05, 4.69) is 5.32 Å². The van der Waals surface area contributed by atoms with Crippen LogP contribution in [0.5, 0.6) is 5.75 Å². The fourth-order valence-corrected chi connectivity index (χ4v) is 6.15. The maximum absolute atomic E-state index is 14.3. The van der Waals surface area contributed by atoms with Gasteiger partial charge in [-0.3, -0.25) is 13.9 Å². The summed E-state index contributed by atoms with van der Waals surface area (Å²) >= 11 is 0. The van der Waals surface area contributed by atoms with E-state index < -0.39 is 34.1 Å². The molecule has 0 heterocycles. The number of carbonyl (C=O) groups is 2. The second-order valence-corrected chi connectivity index (χ2v) is 13.5. The third kappa shape index (κ3) is 8.12. The van der Waals surface area contributed by atoms with Crippen molar-refractivity contribution in [2.75, 3.05) is 18.0 Å². The molecule has 2 amide bonds. The van der Waals surface area contributed by atoms with Crippen LogP contribution >= 0.6 is 0 Å². The summed E-state index contributed by atoms with van der Waals surface area (Å²) < 4.78 is 34.8. The number of benzene rings is 3. The normalized spacial score (nSPS) is 12.4. The standard InChI is InChI=1S/C33H43N3O5S/c1-9-29(32(38)34-33(5,6)7)35(21-26-11-10-12-27(20-26)41-8)31(37)22-36(30-19-24(3)13-16-25(30)4)42(39,40)28-17-14-23(2)15-18-28/h10-20,29H,9,21-22H2,1-8H3,(H,34,38)/t29-/m0/s1. The van der Waals surface area contributed by atoms with E-state index in [0.717, 1.165) is 21.0 Å². The molecule has 1 N–H and O–H groups in total. The minimum atomic E-state index is -4.14. The van der Waals surface area contributed by atoms with Gasteiger partial charge in [0, 0.05) is 12.1 Å². The molecule has 226 valence electrons. The zero-order chi connectivity index (χ0) is 31.2. The molecule has 0 saturated carbocycles. The Bertz CT molecular complexity index is 1510. The van der Waals surface area contributed by atoms with E-state index in [1.807, 2.05) is 72.7 Å². The first-order valence-electron chi connectivity index (χ1n) is 14.1. The van der Waals surface area contributed by atoms with E-state index in [9.17, 15) is 18.0 Å². The van der Waals surface area contributed by atoms with Gasteiger partial charge >= 0.3 is 0 Å². The topological polar surface area (TPSA) is 96.0 Å². The van der Waals surface area contributed by atoms with Crippen LogP contribution in [-0.2, 0) is 26.2 Å². The third-order valence-electron chi connectivity index (χ3n) is 6.89. The van der Waals surface area contributed by atoms with Gasteiger partial charge in [0.25, 0.3) is 10.0 Å². The fourth-order valence-electron chi connectivity index (χ4n) is 4.68. The number of carbonyl (C=O) groups excluding carboxylic acids is 2. The highest BCUT2D eigenvalue weighted by Crippen LogP contribution is 2.29. The minimum absolute atomic E-state index is 0.0821. The van der Waals surface area contributed by atoms with Gasteiger partial charge < -0.3 is 15.0 Å². The van der Waals surface area contributed by atoms with E-state index >= 15 is 0 Å². The smallest absolute Gasteiger partial charge is 0.264 e. The summed E-state index contributed by atoms with van der Waals surface area (Å²) in [4.78, 5) is 29.3. The van der Waals surface area contributed by atoms with Gasteiger partial charge in [-0.2, -0.15) is 0 Å². The predicted octanol–water partition coefficient (Wildman–Crippen LogP) is 5.54. The molecule has 1 atom stereocenters. The van der Waals surface area contributed by atoms with Crippen molar-refractivity contribution in [3.63, 3.8) is 0 Å². The fraction of sp³-hybridized carbons (Fsp3) is 0.394. The van der Waals surface area contributed by atoms with Crippen molar-refractivity contribution in [1.29, 1.82) is 0 Å². The predicted molar refractivity (Wildman–Crippen MR) is 167 cm³/mol. The van der Waals surface area contributed by atoms with Gasteiger partial charge in [0.1, 0.15) is 18.3 Å². The van der Waals surface area contributed by atoms with Crippen molar-refractivity contribution in [2.45, 2.75) is 77.9 Å². The van der Waals surface area contributed by atoms with Crippen LogP contribution in [0.1, 0.15) is 56.4 Å². The number of nitrogens with zero attached hydrogens (tertiary/aromatic N) is 2. The van der Waals surface area contributed by atoms with Gasteiger partial charge in [-0.05, 0) is 95.0 Å². The Hall–Kier alpha value is -3.85. The second-order valence-electron chi connectivity index (χ2n) is 11.7. The molecule has 0 spiro atoms. The van der Waals surface area contributed by atoms with E-state index in [1.54, 1.807) is 49.6 Å². The quantitative estimate of drug-likeness (QED) is 0.315. The van der Waals surface area contributed by atoms with E-state index in [4.69, 9.17) is 4.74 Å². The largest absolute Gasteiger partial charge is 0.497 e. The monoisotopic (exact) mass is 593 g/mol. The zero-order valence-electron chi connectivity index (χ0n) is 25.9. The van der Waals surface area contributed by atoms with E-state index in [-0.39, 0.29) is 17.3 Å². The molecule has 0 unspecified atom stereocenters. The number of nitrogens with one attached hydrogen (secondary N) is 1. The average molecular weight is 594 g/mol. The zero-order valence-corrected chi connectivity index (χ0v) is 26.7. The SMILES string of the molecule is CC[C@@H](C(=O)NC(C)(C)C)N(Cc1cccc(OC)c1)C(=O)CN(c1cc(C)ccc1C)S(=O)(=O)c1ccc(C)cc1. The third-order valence-corrected chi connectivity index (χ3v) is 8.67. The number of rotatable bonds is 11. The molecular weight excluding hydrogens is 550 g/mol. The molecule has 0 fully saturated rings. The summed E-state index contributed by atoms with van der Waals surface area (Å²) in [5.74, 6) is -0.183. The molecule has 0 bridgehead atoms. The number of ether oxygens (including phenoxy) is 1. The van der Waals surface area contributed by atoms with Crippen LogP contribution in [-0.4, -0.2) is 50.4 Å². The molecule has 0 aliphatic heterocycles. The molecule has 3 rings (SSSR count). The second kappa shape index (κ2) is 13.4. The highest BCUT2D eigenvalue weighted by atomic mass is 32.2. The number of aryl methyl sites for hydroxylation is 3. The summed E-state index contributed by atoms with van der Waals surface area (Å²) in [7, 11) is -2.58. The van der Waals surface area contributed by atoms with Gasteiger partial charge in [0.05, 0.1) is 17.7 Å². The molecule has 42 heavy (non-hydrogen) atoms. The summed E-state index contributed by atoms with van der Waals surface area (Å²) in [5, 5.41) is 2.99. The Morgan fingerprint density at radius 3 is 2.17 bits per heavy atom. The molecule has 3 aromatic rings. The van der Waals surface area contributed by atoms with E-state index in [0.29, 0.717) is 23.4 Å². The first-order valence-corrected chi connectivity index (χ1v) is 15.5. The highest BCUT2D eigenvalue weighted by molar-refractivity contribution is 7.92. The molecular formula is C33H43N3O5S. The Balaban J connectivity index is 2.12. The highest BCUT2D eigenvalue weighted by Gasteiger charge is 2.35. The Kier molecular flexibility index (Phi) is 10.4. The van der Waals surface area contributed by atoms with Crippen molar-refractivity contribution < 1.29 is 22.7 Å². The van der Waals surface area contributed by atoms with Gasteiger partial charge in [-0.25, -0.2) is 8.42 Å². The van der Waals surface area contributed by atoms with Crippen LogP contribution in [0.3, 0.4) is 0 Å². The van der Waals surface area contributed by atoms with Crippen molar-refractivity contribution in [3.05, 3.63) is 89.0 Å². The lowest BCUT2D eigenvalue weighted by atomic mass is 10.1. The lowest BCUT2D eigenvalue weighted by molar-refractivity contribution is -0.141. The lowest BCUT2D eigenvalue weighted by Crippen LogP contribution is -2.55. The number of hydrogen-bond donors (Lipinski definition) is 1. The molecule has 9 heteroatoms. The Morgan fingerprint density at radius 1 is 0.929 bits per heavy atom. The molecule has 0 aromatic heterocycles. The van der Waals surface area contributed by atoms with Gasteiger partial charge in [-0.1, -0.05) is 48.9 Å². The summed E-state index contributed by atoms with van der Waals surface area (Å²) in [6, 6.07) is 18.5. The number of anilines is 1. The Labute approximate surface area is 250 Å². The van der Waals surface area contributed by atoms with Crippen molar-refractivity contribution >= 4 is 27.5 Å². The summed E-state index contributed by atoms with van der Waals surface area (Å²) in [5.41, 5.74) is 3.14. The van der Waals surface area contributed by atoms with Gasteiger partial charge in [0.15, 0.2) is 0 Å². The maximum Gasteiger partial charge on any atom is 0.264 e. The number of hydrogen-bond acceptors (Lipinski definition) is 5. The number of amides is 2. The van der Waals surface area contributed by atoms with Crippen molar-refractivity contribution in [2.24, 2.45) is 0 Å². The first-order chi connectivity index (χ1) is 19.7. The van der Waals surface area contributed by atoms with Crippen LogP contribution in [0.4, 0.5) is 5.69 Å². The molecule has 0 aliphatic carbocycles. The van der Waals surface area contributed by atoms with Crippen molar-refractivity contribution in [3.8, 4) is 5.75 Å². The lowest BCUT2D eigenvalue weighted by Gasteiger charge is -2.35.